The zero-order valence-electron chi connectivity index (χ0n) is 13.1. The number of aromatic nitrogens is 1. The molecule has 128 valence electrons. The van der Waals surface area contributed by atoms with Crippen LogP contribution in [0.15, 0.2) is 51.5 Å². The van der Waals surface area contributed by atoms with Gasteiger partial charge >= 0.3 is 5.97 Å². The maximum atomic E-state index is 13.3. The number of carbonyl (C=O) groups is 1. The molecular weight excluding hydrogens is 396 g/mol. The van der Waals surface area contributed by atoms with Gasteiger partial charge in [-0.3, -0.25) is 0 Å². The van der Waals surface area contributed by atoms with Crippen molar-refractivity contribution in [3.8, 4) is 11.3 Å². The third-order valence-electron chi connectivity index (χ3n) is 3.62. The maximum Gasteiger partial charge on any atom is 0.339 e. The van der Waals surface area contributed by atoms with Crippen LogP contribution < -0.4 is 0 Å². The molecule has 0 bridgehead atoms. The Labute approximate surface area is 150 Å². The summed E-state index contributed by atoms with van der Waals surface area (Å²) in [6, 6.07) is 9.53. The van der Waals surface area contributed by atoms with Crippen LogP contribution in [-0.4, -0.2) is 11.1 Å². The van der Waals surface area contributed by atoms with E-state index in [9.17, 15) is 13.6 Å². The second-order valence-electron chi connectivity index (χ2n) is 5.29. The molecule has 0 aliphatic heterocycles. The van der Waals surface area contributed by atoms with E-state index < -0.39 is 11.8 Å². The van der Waals surface area contributed by atoms with E-state index in [1.807, 2.05) is 0 Å². The van der Waals surface area contributed by atoms with Gasteiger partial charge in [-0.1, -0.05) is 5.16 Å². The molecule has 7 heteroatoms. The van der Waals surface area contributed by atoms with E-state index in [4.69, 9.17) is 9.26 Å². The predicted octanol–water partition coefficient (Wildman–Crippen LogP) is 5.05. The third kappa shape index (κ3) is 3.76. The first kappa shape index (κ1) is 17.3. The Balaban J connectivity index is 1.75. The van der Waals surface area contributed by atoms with Crippen LogP contribution in [0.25, 0.3) is 11.3 Å². The fourth-order valence-corrected chi connectivity index (χ4v) is 2.65. The number of halogens is 3. The van der Waals surface area contributed by atoms with E-state index in [-0.39, 0.29) is 18.0 Å². The van der Waals surface area contributed by atoms with E-state index in [1.54, 1.807) is 19.1 Å². The Kier molecular flexibility index (Phi) is 4.94. The summed E-state index contributed by atoms with van der Waals surface area (Å²) in [5, 5.41) is 3.89. The van der Waals surface area contributed by atoms with E-state index in [1.165, 1.54) is 24.3 Å². The van der Waals surface area contributed by atoms with Crippen LogP contribution in [0.5, 0.6) is 0 Å². The number of rotatable bonds is 4. The Morgan fingerprint density at radius 2 is 1.84 bits per heavy atom. The highest BCUT2D eigenvalue weighted by Crippen LogP contribution is 2.26. The summed E-state index contributed by atoms with van der Waals surface area (Å²) in [6.07, 6.45) is 0. The van der Waals surface area contributed by atoms with Gasteiger partial charge in [-0.05, 0) is 65.3 Å². The van der Waals surface area contributed by atoms with Gasteiger partial charge in [0.25, 0.3) is 0 Å². The highest BCUT2D eigenvalue weighted by molar-refractivity contribution is 9.10. The molecule has 0 saturated heterocycles. The lowest BCUT2D eigenvalue weighted by Crippen LogP contribution is -2.07. The number of ether oxygens (including phenoxy) is 1. The first-order chi connectivity index (χ1) is 12.0. The van der Waals surface area contributed by atoms with E-state index >= 15 is 0 Å². The van der Waals surface area contributed by atoms with Crippen LogP contribution >= 0.6 is 15.9 Å². The van der Waals surface area contributed by atoms with Crippen LogP contribution in [0.2, 0.25) is 0 Å². The highest BCUT2D eigenvalue weighted by Gasteiger charge is 2.17. The molecule has 0 aliphatic carbocycles. The standard InChI is InChI=1S/C18H12BrF2NO3/c1-10-16(22-25-17(10)11-2-4-12(20)5-3-11)9-24-18(23)14-8-13(21)6-7-15(14)19/h2-8H,9H2,1H3. The van der Waals surface area contributed by atoms with Gasteiger partial charge in [0, 0.05) is 15.6 Å². The number of hydrogen-bond acceptors (Lipinski definition) is 4. The monoisotopic (exact) mass is 407 g/mol. The molecule has 0 unspecified atom stereocenters. The molecular formula is C18H12BrF2NO3. The van der Waals surface area contributed by atoms with Crippen molar-refractivity contribution >= 4 is 21.9 Å². The molecule has 3 aromatic rings. The van der Waals surface area contributed by atoms with Crippen molar-refractivity contribution in [3.63, 3.8) is 0 Å². The van der Waals surface area contributed by atoms with Crippen LogP contribution in [0, 0.1) is 18.6 Å². The molecule has 0 amide bonds. The summed E-state index contributed by atoms with van der Waals surface area (Å²) >= 11 is 3.18. The second-order valence-corrected chi connectivity index (χ2v) is 6.14. The van der Waals surface area contributed by atoms with Crippen molar-refractivity contribution in [2.45, 2.75) is 13.5 Å². The zero-order valence-corrected chi connectivity index (χ0v) is 14.6. The van der Waals surface area contributed by atoms with E-state index in [2.05, 4.69) is 21.1 Å². The first-order valence-corrected chi connectivity index (χ1v) is 8.08. The molecule has 0 saturated carbocycles. The number of carbonyl (C=O) groups excluding carboxylic acids is 1. The molecule has 0 N–H and O–H groups in total. The number of nitrogens with zero attached hydrogens (tertiary/aromatic N) is 1. The zero-order chi connectivity index (χ0) is 18.0. The molecule has 3 rings (SSSR count). The molecule has 2 aromatic carbocycles. The van der Waals surface area contributed by atoms with Gasteiger partial charge in [0.05, 0.1) is 5.56 Å². The number of benzene rings is 2. The average Bonchev–Trinajstić information content (AvgIpc) is 2.96. The molecule has 0 spiro atoms. The van der Waals surface area contributed by atoms with Crippen molar-refractivity contribution in [1.82, 2.24) is 5.16 Å². The minimum atomic E-state index is -0.683. The lowest BCUT2D eigenvalue weighted by molar-refractivity contribution is 0.0462. The third-order valence-corrected chi connectivity index (χ3v) is 4.31. The summed E-state index contributed by atoms with van der Waals surface area (Å²) in [5.74, 6) is -1.10. The number of hydrogen-bond donors (Lipinski definition) is 0. The van der Waals surface area contributed by atoms with Gasteiger partial charge < -0.3 is 9.26 Å². The average molecular weight is 408 g/mol. The minimum absolute atomic E-state index is 0.0832. The first-order valence-electron chi connectivity index (χ1n) is 7.29. The summed E-state index contributed by atoms with van der Waals surface area (Å²) in [7, 11) is 0. The summed E-state index contributed by atoms with van der Waals surface area (Å²) in [5.41, 5.74) is 1.86. The molecule has 0 aliphatic rings. The summed E-state index contributed by atoms with van der Waals surface area (Å²) in [6.45, 7) is 1.63. The minimum Gasteiger partial charge on any atom is -0.455 e. The van der Waals surface area contributed by atoms with Gasteiger partial charge in [-0.25, -0.2) is 13.6 Å². The molecule has 0 radical (unpaired) electrons. The van der Waals surface area contributed by atoms with Crippen molar-refractivity contribution in [3.05, 3.63) is 75.4 Å². The molecule has 0 atom stereocenters. The van der Waals surface area contributed by atoms with Gasteiger partial charge in [-0.2, -0.15) is 0 Å². The molecule has 1 aromatic heterocycles. The fourth-order valence-electron chi connectivity index (χ4n) is 2.24. The lowest BCUT2D eigenvalue weighted by Gasteiger charge is -2.05. The van der Waals surface area contributed by atoms with Gasteiger partial charge in [-0.15, -0.1) is 0 Å². The summed E-state index contributed by atoms with van der Waals surface area (Å²) in [4.78, 5) is 12.1. The summed E-state index contributed by atoms with van der Waals surface area (Å²) < 4.78 is 37.2. The van der Waals surface area contributed by atoms with Crippen LogP contribution in [0.1, 0.15) is 21.6 Å². The second kappa shape index (κ2) is 7.14. The van der Waals surface area contributed by atoms with Crippen LogP contribution in [0.3, 0.4) is 0 Å². The van der Waals surface area contributed by atoms with Crippen molar-refractivity contribution in [1.29, 1.82) is 0 Å². The van der Waals surface area contributed by atoms with Gasteiger partial charge in [0.15, 0.2) is 5.76 Å². The molecule has 1 heterocycles. The Morgan fingerprint density at radius 3 is 2.56 bits per heavy atom. The highest BCUT2D eigenvalue weighted by atomic mass is 79.9. The van der Waals surface area contributed by atoms with Gasteiger partial charge in [0.2, 0.25) is 0 Å². The Morgan fingerprint density at radius 1 is 1.16 bits per heavy atom. The van der Waals surface area contributed by atoms with Crippen molar-refractivity contribution < 1.29 is 22.8 Å². The number of esters is 1. The molecule has 25 heavy (non-hydrogen) atoms. The fraction of sp³-hybridized carbons (Fsp3) is 0.111. The SMILES string of the molecule is Cc1c(COC(=O)c2cc(F)ccc2Br)noc1-c1ccc(F)cc1. The predicted molar refractivity (Wildman–Crippen MR) is 89.9 cm³/mol. The molecule has 0 fully saturated rings. The lowest BCUT2D eigenvalue weighted by atomic mass is 10.1. The van der Waals surface area contributed by atoms with E-state index in [0.717, 1.165) is 6.07 Å². The Hall–Kier alpha value is -2.54. The quantitative estimate of drug-likeness (QED) is 0.568. The van der Waals surface area contributed by atoms with Crippen molar-refractivity contribution in [2.24, 2.45) is 0 Å². The largest absolute Gasteiger partial charge is 0.455 e. The normalized spacial score (nSPS) is 10.7. The Bertz CT molecular complexity index is 923. The topological polar surface area (TPSA) is 52.3 Å². The van der Waals surface area contributed by atoms with E-state index in [0.29, 0.717) is 27.1 Å². The van der Waals surface area contributed by atoms with Crippen LogP contribution in [-0.2, 0) is 11.3 Å². The van der Waals surface area contributed by atoms with Gasteiger partial charge in [0.1, 0.15) is 23.9 Å². The molecule has 4 nitrogen and oxygen atoms in total. The smallest absolute Gasteiger partial charge is 0.339 e. The maximum absolute atomic E-state index is 13.3. The van der Waals surface area contributed by atoms with Crippen molar-refractivity contribution in [2.75, 3.05) is 0 Å². The van der Waals surface area contributed by atoms with Crippen LogP contribution in [0.4, 0.5) is 8.78 Å².